The summed E-state index contributed by atoms with van der Waals surface area (Å²) >= 11 is 0. The Morgan fingerprint density at radius 1 is 0.605 bits per heavy atom. The highest BCUT2D eigenvalue weighted by Crippen LogP contribution is 2.15. The number of hydrogen-bond acceptors (Lipinski definition) is 4. The zero-order valence-corrected chi connectivity index (χ0v) is 29.2. The molecule has 0 aromatic rings. The normalized spacial score (nSPS) is 13.5. The number of carbonyl (C=O) groups is 1. The Morgan fingerprint density at radius 2 is 0.953 bits per heavy atom. The van der Waals surface area contributed by atoms with Crippen molar-refractivity contribution in [1.29, 1.82) is 0 Å². The first-order chi connectivity index (χ1) is 20.8. The summed E-state index contributed by atoms with van der Waals surface area (Å²) in [6.07, 6.45) is 36.3. The van der Waals surface area contributed by atoms with Gasteiger partial charge in [0, 0.05) is 6.42 Å². The van der Waals surface area contributed by atoms with E-state index in [9.17, 15) is 22.9 Å². The van der Waals surface area contributed by atoms with Crippen LogP contribution in [-0.4, -0.2) is 41.9 Å². The zero-order valence-electron chi connectivity index (χ0n) is 28.3. The summed E-state index contributed by atoms with van der Waals surface area (Å²) in [6.45, 7) is 4.49. The number of aliphatic hydroxyl groups excluding tert-OH is 1. The standard InChI is InChI=1S/C36H71NO5S/c1-3-5-7-9-11-13-15-16-17-18-19-20-21-22-24-26-28-30-32-36(39)37-34(33-43(40,41)42)35(38)31-29-27-25-23-14-12-10-8-6-4-2/h29,31,34-35,38H,3-28,30,32-33H2,1-2H3,(H,37,39)(H,40,41,42)/b31-29+. The molecule has 2 unspecified atom stereocenters. The SMILES string of the molecule is CCCCCCCCCC/C=C/C(O)C(CS(=O)(=O)O)NC(=O)CCCCCCCCCCCCCCCCCCCC. The Morgan fingerprint density at radius 3 is 1.33 bits per heavy atom. The van der Waals surface area contributed by atoms with Gasteiger partial charge in [0.1, 0.15) is 0 Å². The summed E-state index contributed by atoms with van der Waals surface area (Å²) in [7, 11) is -4.33. The number of hydrogen-bond donors (Lipinski definition) is 3. The highest BCUT2D eigenvalue weighted by molar-refractivity contribution is 7.85. The van der Waals surface area contributed by atoms with E-state index in [1.165, 1.54) is 135 Å². The maximum Gasteiger partial charge on any atom is 0.267 e. The maximum absolute atomic E-state index is 12.4. The first-order valence-electron chi connectivity index (χ1n) is 18.4. The molecule has 0 radical (unpaired) electrons. The number of carbonyl (C=O) groups excluding carboxylic acids is 1. The third kappa shape index (κ3) is 32.3. The highest BCUT2D eigenvalue weighted by atomic mass is 32.2. The van der Waals surface area contributed by atoms with Gasteiger partial charge >= 0.3 is 0 Å². The van der Waals surface area contributed by atoms with Gasteiger partial charge in [-0.25, -0.2) is 0 Å². The Kier molecular flexibility index (Phi) is 30.4. The van der Waals surface area contributed by atoms with Crippen LogP contribution in [0.25, 0.3) is 0 Å². The number of unbranched alkanes of at least 4 members (excludes halogenated alkanes) is 25. The van der Waals surface area contributed by atoms with Crippen LogP contribution in [0.15, 0.2) is 12.2 Å². The van der Waals surface area contributed by atoms with Crippen molar-refractivity contribution in [3.8, 4) is 0 Å². The minimum Gasteiger partial charge on any atom is -0.387 e. The molecule has 3 N–H and O–H groups in total. The van der Waals surface area contributed by atoms with Gasteiger partial charge in [-0.1, -0.05) is 180 Å². The second-order valence-electron chi connectivity index (χ2n) is 12.9. The third-order valence-corrected chi connectivity index (χ3v) is 9.24. The molecule has 0 saturated heterocycles. The molecule has 0 aromatic heterocycles. The Hall–Kier alpha value is -0.920. The number of nitrogens with one attached hydrogen (secondary N) is 1. The number of amides is 1. The van der Waals surface area contributed by atoms with E-state index in [0.29, 0.717) is 6.42 Å². The molecule has 0 heterocycles. The molecule has 2 atom stereocenters. The molecule has 6 nitrogen and oxygen atoms in total. The van der Waals surface area contributed by atoms with Crippen molar-refractivity contribution in [3.63, 3.8) is 0 Å². The predicted octanol–water partition coefficient (Wildman–Crippen LogP) is 10.2. The van der Waals surface area contributed by atoms with Crippen LogP contribution in [0.2, 0.25) is 0 Å². The summed E-state index contributed by atoms with van der Waals surface area (Å²) in [5, 5.41) is 13.1. The van der Waals surface area contributed by atoms with Gasteiger partial charge < -0.3 is 10.4 Å². The van der Waals surface area contributed by atoms with E-state index in [0.717, 1.165) is 38.5 Å². The van der Waals surface area contributed by atoms with Crippen molar-refractivity contribution in [2.75, 3.05) is 5.75 Å². The quantitative estimate of drug-likeness (QED) is 0.0381. The zero-order chi connectivity index (χ0) is 31.9. The van der Waals surface area contributed by atoms with Crippen LogP contribution in [0, 0.1) is 0 Å². The summed E-state index contributed by atoms with van der Waals surface area (Å²) < 4.78 is 32.3. The molecule has 0 aliphatic carbocycles. The second kappa shape index (κ2) is 31.1. The lowest BCUT2D eigenvalue weighted by Gasteiger charge is -2.21. The van der Waals surface area contributed by atoms with Crippen molar-refractivity contribution >= 4 is 16.0 Å². The van der Waals surface area contributed by atoms with Crippen LogP contribution >= 0.6 is 0 Å². The lowest BCUT2D eigenvalue weighted by Crippen LogP contribution is -2.46. The van der Waals surface area contributed by atoms with Crippen molar-refractivity contribution < 1.29 is 22.9 Å². The average Bonchev–Trinajstić information content (AvgIpc) is 2.96. The first kappa shape index (κ1) is 42.1. The average molecular weight is 630 g/mol. The third-order valence-electron chi connectivity index (χ3n) is 8.46. The molecule has 7 heteroatoms. The molecular weight excluding hydrogens is 558 g/mol. The fourth-order valence-electron chi connectivity index (χ4n) is 5.68. The molecule has 0 bridgehead atoms. The molecule has 1 amide bonds. The fourth-order valence-corrected chi connectivity index (χ4v) is 6.42. The molecule has 43 heavy (non-hydrogen) atoms. The molecular formula is C36H71NO5S. The van der Waals surface area contributed by atoms with E-state index < -0.39 is 28.0 Å². The molecule has 0 aliphatic heterocycles. The van der Waals surface area contributed by atoms with E-state index in [-0.39, 0.29) is 5.91 Å². The van der Waals surface area contributed by atoms with Crippen molar-refractivity contribution in [2.24, 2.45) is 0 Å². The van der Waals surface area contributed by atoms with E-state index in [4.69, 9.17) is 0 Å². The lowest BCUT2D eigenvalue weighted by atomic mass is 10.0. The summed E-state index contributed by atoms with van der Waals surface area (Å²) in [5.74, 6) is -0.970. The molecule has 0 spiro atoms. The Labute approximate surface area is 267 Å². The van der Waals surface area contributed by atoms with Crippen LogP contribution in [0.3, 0.4) is 0 Å². The lowest BCUT2D eigenvalue weighted by molar-refractivity contribution is -0.122. The molecule has 0 rings (SSSR count). The molecule has 0 saturated carbocycles. The van der Waals surface area contributed by atoms with Gasteiger partial charge in [-0.2, -0.15) is 8.42 Å². The molecule has 256 valence electrons. The fraction of sp³-hybridized carbons (Fsp3) is 0.917. The van der Waals surface area contributed by atoms with Gasteiger partial charge in [-0.05, 0) is 19.3 Å². The van der Waals surface area contributed by atoms with Gasteiger partial charge in [0.2, 0.25) is 5.91 Å². The van der Waals surface area contributed by atoms with E-state index in [1.807, 2.05) is 6.08 Å². The summed E-state index contributed by atoms with van der Waals surface area (Å²) in [4.78, 5) is 12.4. The largest absolute Gasteiger partial charge is 0.387 e. The smallest absolute Gasteiger partial charge is 0.267 e. The van der Waals surface area contributed by atoms with Crippen molar-refractivity contribution in [2.45, 2.75) is 206 Å². The predicted molar refractivity (Wildman–Crippen MR) is 184 cm³/mol. The Bertz CT molecular complexity index is 740. The van der Waals surface area contributed by atoms with Crippen LogP contribution in [0.1, 0.15) is 194 Å². The van der Waals surface area contributed by atoms with Gasteiger partial charge in [0.25, 0.3) is 10.1 Å². The van der Waals surface area contributed by atoms with E-state index >= 15 is 0 Å². The van der Waals surface area contributed by atoms with Crippen molar-refractivity contribution in [3.05, 3.63) is 12.2 Å². The van der Waals surface area contributed by atoms with Gasteiger partial charge in [-0.15, -0.1) is 0 Å². The first-order valence-corrected chi connectivity index (χ1v) is 20.0. The molecule has 0 fully saturated rings. The number of rotatable bonds is 33. The minimum atomic E-state index is -4.33. The van der Waals surface area contributed by atoms with Gasteiger partial charge in [0.15, 0.2) is 0 Å². The van der Waals surface area contributed by atoms with E-state index in [1.54, 1.807) is 6.08 Å². The monoisotopic (exact) mass is 630 g/mol. The minimum absolute atomic E-state index is 0.277. The van der Waals surface area contributed by atoms with Crippen LogP contribution in [-0.2, 0) is 14.9 Å². The van der Waals surface area contributed by atoms with Crippen LogP contribution in [0.4, 0.5) is 0 Å². The maximum atomic E-state index is 12.4. The Balaban J connectivity index is 3.88. The van der Waals surface area contributed by atoms with Gasteiger partial charge in [0.05, 0.1) is 17.9 Å². The highest BCUT2D eigenvalue weighted by Gasteiger charge is 2.24. The van der Waals surface area contributed by atoms with Crippen LogP contribution < -0.4 is 5.32 Å². The molecule has 0 aliphatic rings. The van der Waals surface area contributed by atoms with Crippen molar-refractivity contribution in [1.82, 2.24) is 5.32 Å². The summed E-state index contributed by atoms with van der Waals surface area (Å²) in [6, 6.07) is -1.05. The number of allylic oxidation sites excluding steroid dienone is 1. The van der Waals surface area contributed by atoms with E-state index in [2.05, 4.69) is 19.2 Å². The summed E-state index contributed by atoms with van der Waals surface area (Å²) in [5.41, 5.74) is 0. The van der Waals surface area contributed by atoms with Gasteiger partial charge in [-0.3, -0.25) is 9.35 Å². The second-order valence-corrected chi connectivity index (χ2v) is 14.4. The van der Waals surface area contributed by atoms with Crippen LogP contribution in [0.5, 0.6) is 0 Å². The molecule has 0 aromatic carbocycles. The topological polar surface area (TPSA) is 104 Å². The number of aliphatic hydroxyl groups is 1.